The third-order valence-electron chi connectivity index (χ3n) is 2.89. The van der Waals surface area contributed by atoms with Gasteiger partial charge in [-0.1, -0.05) is 61.2 Å². The number of carboxylic acids is 1. The van der Waals surface area contributed by atoms with Crippen LogP contribution >= 0.6 is 0 Å². The largest absolute Gasteiger partial charge is 0.489 e. The fourth-order valence-corrected chi connectivity index (χ4v) is 1.92. The van der Waals surface area contributed by atoms with Crippen LogP contribution in [0.25, 0.3) is 11.6 Å². The van der Waals surface area contributed by atoms with Gasteiger partial charge in [-0.15, -0.1) is 0 Å². The average Bonchev–Trinajstić information content (AvgIpc) is 2.52. The smallest absolute Gasteiger partial charge is 0.336 e. The second-order valence-corrected chi connectivity index (χ2v) is 4.37. The van der Waals surface area contributed by atoms with Crippen LogP contribution in [0.4, 0.5) is 0 Å². The fourth-order valence-electron chi connectivity index (χ4n) is 1.92. The lowest BCUT2D eigenvalue weighted by Gasteiger charge is -2.08. The zero-order valence-electron chi connectivity index (χ0n) is 11.5. The van der Waals surface area contributed by atoms with Crippen molar-refractivity contribution in [1.82, 2.24) is 0 Å². The topological polar surface area (TPSA) is 46.5 Å². The van der Waals surface area contributed by atoms with Crippen molar-refractivity contribution in [2.45, 2.75) is 0 Å². The molecule has 2 aromatic carbocycles. The van der Waals surface area contributed by atoms with E-state index in [9.17, 15) is 9.90 Å². The van der Waals surface area contributed by atoms with Crippen LogP contribution in [0.1, 0.15) is 11.1 Å². The van der Waals surface area contributed by atoms with Crippen molar-refractivity contribution >= 4 is 17.6 Å². The van der Waals surface area contributed by atoms with Gasteiger partial charge < -0.3 is 9.84 Å². The van der Waals surface area contributed by atoms with E-state index < -0.39 is 5.97 Å². The molecule has 0 aromatic heterocycles. The summed E-state index contributed by atoms with van der Waals surface area (Å²) in [5, 5.41) is 9.43. The number of aliphatic carboxylic acids is 1. The summed E-state index contributed by atoms with van der Waals surface area (Å²) in [5.41, 5.74) is 1.61. The lowest BCUT2D eigenvalue weighted by Crippen LogP contribution is -2.00. The third-order valence-corrected chi connectivity index (χ3v) is 2.89. The molecular formula is C18H16O3. The summed E-state index contributed by atoms with van der Waals surface area (Å²) in [6.45, 7) is 3.98. The maximum atomic E-state index is 11.5. The van der Waals surface area contributed by atoms with Gasteiger partial charge in [-0.3, -0.25) is 0 Å². The van der Waals surface area contributed by atoms with E-state index in [1.165, 1.54) is 0 Å². The Kier molecular flexibility index (Phi) is 4.94. The summed E-state index contributed by atoms with van der Waals surface area (Å²) < 4.78 is 5.55. The van der Waals surface area contributed by atoms with E-state index in [1.54, 1.807) is 30.4 Å². The Morgan fingerprint density at radius 3 is 2.43 bits per heavy atom. The summed E-state index contributed by atoms with van der Waals surface area (Å²) in [5.74, 6) is -0.341. The molecule has 2 aromatic rings. The third kappa shape index (κ3) is 3.83. The summed E-state index contributed by atoms with van der Waals surface area (Å²) >= 11 is 0. The molecule has 106 valence electrons. The molecule has 0 aliphatic heterocycles. The van der Waals surface area contributed by atoms with Gasteiger partial charge in [0.15, 0.2) is 0 Å². The van der Waals surface area contributed by atoms with Gasteiger partial charge in [0, 0.05) is 5.56 Å². The predicted octanol–water partition coefficient (Wildman–Crippen LogP) is 3.88. The molecule has 0 aliphatic rings. The van der Waals surface area contributed by atoms with Gasteiger partial charge in [-0.25, -0.2) is 4.79 Å². The van der Waals surface area contributed by atoms with Crippen LogP contribution in [0.15, 0.2) is 67.3 Å². The van der Waals surface area contributed by atoms with E-state index in [-0.39, 0.29) is 5.57 Å². The Morgan fingerprint density at radius 2 is 1.76 bits per heavy atom. The molecule has 0 amide bonds. The molecule has 0 aliphatic carbocycles. The molecular weight excluding hydrogens is 264 g/mol. The first kappa shape index (κ1) is 14.6. The van der Waals surface area contributed by atoms with Crippen LogP contribution < -0.4 is 4.74 Å². The monoisotopic (exact) mass is 280 g/mol. The van der Waals surface area contributed by atoms with Gasteiger partial charge in [0.2, 0.25) is 0 Å². The number of hydrogen-bond donors (Lipinski definition) is 1. The minimum Gasteiger partial charge on any atom is -0.489 e. The van der Waals surface area contributed by atoms with E-state index in [0.29, 0.717) is 17.9 Å². The van der Waals surface area contributed by atoms with Gasteiger partial charge in [0.1, 0.15) is 12.4 Å². The number of carboxylic acid groups (broad SMARTS) is 1. The highest BCUT2D eigenvalue weighted by Crippen LogP contribution is 2.25. The van der Waals surface area contributed by atoms with Crippen molar-refractivity contribution in [3.63, 3.8) is 0 Å². The van der Waals surface area contributed by atoms with Gasteiger partial charge >= 0.3 is 5.97 Å². The summed E-state index contributed by atoms with van der Waals surface area (Å²) in [6, 6.07) is 16.3. The van der Waals surface area contributed by atoms with Crippen LogP contribution in [0, 0.1) is 0 Å². The quantitative estimate of drug-likeness (QED) is 0.496. The number of ether oxygens (including phenoxy) is 1. The molecule has 0 saturated carbocycles. The lowest BCUT2D eigenvalue weighted by atomic mass is 10.0. The maximum Gasteiger partial charge on any atom is 0.336 e. The van der Waals surface area contributed by atoms with E-state index in [4.69, 9.17) is 4.74 Å². The highest BCUT2D eigenvalue weighted by atomic mass is 16.5. The average molecular weight is 280 g/mol. The molecule has 0 radical (unpaired) electrons. The number of para-hydroxylation sites is 1. The molecule has 0 heterocycles. The summed E-state index contributed by atoms with van der Waals surface area (Å²) in [7, 11) is 0. The standard InChI is InChI=1S/C18H16O3/c1-2-12-21-17-11-7-6-10-15(17)13-16(18(19)20)14-8-4-3-5-9-14/h2-11,13H,1,12H2,(H,19,20)/b16-13-. The van der Waals surface area contributed by atoms with Crippen LogP contribution in [0.2, 0.25) is 0 Å². The zero-order valence-corrected chi connectivity index (χ0v) is 11.5. The Hall–Kier alpha value is -2.81. The maximum absolute atomic E-state index is 11.5. The zero-order chi connectivity index (χ0) is 15.1. The Bertz CT molecular complexity index is 657. The molecule has 0 spiro atoms. The van der Waals surface area contributed by atoms with E-state index in [0.717, 1.165) is 5.56 Å². The van der Waals surface area contributed by atoms with Crippen molar-refractivity contribution in [3.05, 3.63) is 78.4 Å². The lowest BCUT2D eigenvalue weighted by molar-refractivity contribution is -0.130. The molecule has 0 atom stereocenters. The highest BCUT2D eigenvalue weighted by Gasteiger charge is 2.11. The minimum absolute atomic E-state index is 0.227. The van der Waals surface area contributed by atoms with E-state index >= 15 is 0 Å². The molecule has 0 bridgehead atoms. The molecule has 0 saturated heterocycles. The summed E-state index contributed by atoms with van der Waals surface area (Å²) in [4.78, 5) is 11.5. The van der Waals surface area contributed by atoms with Crippen molar-refractivity contribution in [2.75, 3.05) is 6.61 Å². The fraction of sp³-hybridized carbons (Fsp3) is 0.0556. The Balaban J connectivity index is 2.44. The normalized spacial score (nSPS) is 11.0. The number of benzene rings is 2. The second kappa shape index (κ2) is 7.10. The van der Waals surface area contributed by atoms with Crippen molar-refractivity contribution < 1.29 is 14.6 Å². The molecule has 0 fully saturated rings. The predicted molar refractivity (Wildman–Crippen MR) is 84.1 cm³/mol. The Morgan fingerprint density at radius 1 is 1.10 bits per heavy atom. The summed E-state index contributed by atoms with van der Waals surface area (Å²) in [6.07, 6.45) is 3.27. The highest BCUT2D eigenvalue weighted by molar-refractivity contribution is 6.20. The van der Waals surface area contributed by atoms with Crippen molar-refractivity contribution in [1.29, 1.82) is 0 Å². The van der Waals surface area contributed by atoms with Crippen LogP contribution in [-0.4, -0.2) is 17.7 Å². The van der Waals surface area contributed by atoms with Crippen molar-refractivity contribution in [2.24, 2.45) is 0 Å². The molecule has 3 heteroatoms. The SMILES string of the molecule is C=CCOc1ccccc1/C=C(\C(=O)O)c1ccccc1. The molecule has 3 nitrogen and oxygen atoms in total. The number of hydrogen-bond acceptors (Lipinski definition) is 2. The molecule has 2 rings (SSSR count). The molecule has 0 unspecified atom stereocenters. The van der Waals surface area contributed by atoms with Gasteiger partial charge in [0.05, 0.1) is 5.57 Å². The van der Waals surface area contributed by atoms with E-state index in [2.05, 4.69) is 6.58 Å². The first-order valence-corrected chi connectivity index (χ1v) is 6.55. The van der Waals surface area contributed by atoms with Crippen LogP contribution in [-0.2, 0) is 4.79 Å². The van der Waals surface area contributed by atoms with Crippen LogP contribution in [0.5, 0.6) is 5.75 Å². The first-order valence-electron chi connectivity index (χ1n) is 6.55. The molecule has 1 N–H and O–H groups in total. The van der Waals surface area contributed by atoms with Gasteiger partial charge in [-0.2, -0.15) is 0 Å². The van der Waals surface area contributed by atoms with Crippen molar-refractivity contribution in [3.8, 4) is 5.75 Å². The first-order chi connectivity index (χ1) is 10.2. The van der Waals surface area contributed by atoms with Gasteiger partial charge in [-0.05, 0) is 17.7 Å². The number of carbonyl (C=O) groups is 1. The van der Waals surface area contributed by atoms with Gasteiger partial charge in [0.25, 0.3) is 0 Å². The molecule has 21 heavy (non-hydrogen) atoms. The second-order valence-electron chi connectivity index (χ2n) is 4.37. The Labute approximate surface area is 123 Å². The minimum atomic E-state index is -0.972. The van der Waals surface area contributed by atoms with E-state index in [1.807, 2.05) is 36.4 Å². The number of rotatable bonds is 6. The van der Waals surface area contributed by atoms with Crippen LogP contribution in [0.3, 0.4) is 0 Å².